The molecule has 1 rings (SSSR count). The summed E-state index contributed by atoms with van der Waals surface area (Å²) in [6.45, 7) is 5.56. The summed E-state index contributed by atoms with van der Waals surface area (Å²) in [5.41, 5.74) is 5.52. The van der Waals surface area contributed by atoms with Crippen LogP contribution in [0.4, 0.5) is 0 Å². The fraction of sp³-hybridized carbons (Fsp3) is 0.800. The first kappa shape index (κ1) is 12.0. The zero-order valence-corrected chi connectivity index (χ0v) is 9.30. The molecule has 15 heavy (non-hydrogen) atoms. The Morgan fingerprint density at radius 1 is 1.33 bits per heavy atom. The highest BCUT2D eigenvalue weighted by Crippen LogP contribution is 2.50. The van der Waals surface area contributed by atoms with Gasteiger partial charge in [0.05, 0.1) is 0 Å². The second kappa shape index (κ2) is 4.61. The molecule has 1 saturated carbocycles. The Balaban J connectivity index is 2.16. The zero-order valence-electron chi connectivity index (χ0n) is 9.30. The predicted molar refractivity (Wildman–Crippen MR) is 57.0 cm³/mol. The quantitative estimate of drug-likeness (QED) is 0.536. The number of hydrogen-bond donors (Lipinski definition) is 3. The summed E-state index contributed by atoms with van der Waals surface area (Å²) in [4.78, 5) is 22.3. The first-order valence-electron chi connectivity index (χ1n) is 5.23. The molecule has 5 nitrogen and oxygen atoms in total. The van der Waals surface area contributed by atoms with E-state index in [4.69, 9.17) is 5.73 Å². The standard InChI is InChI=1S/C10H19N3O2/c1-10(2)5-7(10)6-13-9(15)8(14)12-4-3-11/h7H,3-6,11H2,1-2H3,(H,12,14)(H,13,15). The van der Waals surface area contributed by atoms with Gasteiger partial charge in [0, 0.05) is 19.6 Å². The topological polar surface area (TPSA) is 84.2 Å². The first-order valence-corrected chi connectivity index (χ1v) is 5.23. The van der Waals surface area contributed by atoms with Gasteiger partial charge in [0.15, 0.2) is 0 Å². The predicted octanol–water partition coefficient (Wildman–Crippen LogP) is -0.776. The van der Waals surface area contributed by atoms with Crippen LogP contribution in [0, 0.1) is 11.3 Å². The average Bonchev–Trinajstić information content (AvgIpc) is 2.79. The third kappa shape index (κ3) is 3.51. The van der Waals surface area contributed by atoms with E-state index >= 15 is 0 Å². The van der Waals surface area contributed by atoms with Crippen LogP contribution in [0.3, 0.4) is 0 Å². The zero-order chi connectivity index (χ0) is 11.5. The van der Waals surface area contributed by atoms with Gasteiger partial charge in [-0.1, -0.05) is 13.8 Å². The van der Waals surface area contributed by atoms with Crippen LogP contribution in [-0.2, 0) is 9.59 Å². The lowest BCUT2D eigenvalue weighted by Gasteiger charge is -2.06. The van der Waals surface area contributed by atoms with Crippen molar-refractivity contribution in [1.82, 2.24) is 10.6 Å². The van der Waals surface area contributed by atoms with E-state index in [0.717, 1.165) is 6.42 Å². The van der Waals surface area contributed by atoms with Gasteiger partial charge in [-0.2, -0.15) is 0 Å². The lowest BCUT2D eigenvalue weighted by molar-refractivity contribution is -0.139. The number of hydrogen-bond acceptors (Lipinski definition) is 3. The molecule has 0 bridgehead atoms. The highest BCUT2D eigenvalue weighted by molar-refractivity contribution is 6.35. The van der Waals surface area contributed by atoms with Crippen LogP contribution < -0.4 is 16.4 Å². The highest BCUT2D eigenvalue weighted by Gasteiger charge is 2.45. The molecule has 1 aliphatic rings. The Labute approximate surface area is 89.8 Å². The molecule has 86 valence electrons. The Kier molecular flexibility index (Phi) is 3.68. The van der Waals surface area contributed by atoms with Crippen LogP contribution in [-0.4, -0.2) is 31.4 Å². The fourth-order valence-electron chi connectivity index (χ4n) is 1.49. The molecule has 1 atom stereocenters. The smallest absolute Gasteiger partial charge is 0.309 e. The van der Waals surface area contributed by atoms with Crippen molar-refractivity contribution in [2.45, 2.75) is 20.3 Å². The molecule has 0 aromatic rings. The Hall–Kier alpha value is -1.10. The van der Waals surface area contributed by atoms with Crippen molar-refractivity contribution < 1.29 is 9.59 Å². The maximum absolute atomic E-state index is 11.2. The van der Waals surface area contributed by atoms with Crippen molar-refractivity contribution in [3.05, 3.63) is 0 Å². The van der Waals surface area contributed by atoms with E-state index in [-0.39, 0.29) is 0 Å². The molecular weight excluding hydrogens is 194 g/mol. The molecular formula is C10H19N3O2. The summed E-state index contributed by atoms with van der Waals surface area (Å²) in [6.07, 6.45) is 1.11. The van der Waals surface area contributed by atoms with Gasteiger partial charge in [0.2, 0.25) is 0 Å². The van der Waals surface area contributed by atoms with E-state index in [0.29, 0.717) is 31.0 Å². The van der Waals surface area contributed by atoms with Gasteiger partial charge in [-0.25, -0.2) is 0 Å². The van der Waals surface area contributed by atoms with Crippen molar-refractivity contribution >= 4 is 11.8 Å². The molecule has 1 fully saturated rings. The largest absolute Gasteiger partial charge is 0.348 e. The number of nitrogens with two attached hydrogens (primary N) is 1. The van der Waals surface area contributed by atoms with Crippen LogP contribution in [0.1, 0.15) is 20.3 Å². The van der Waals surface area contributed by atoms with E-state index in [1.54, 1.807) is 0 Å². The van der Waals surface area contributed by atoms with Crippen LogP contribution in [0.5, 0.6) is 0 Å². The summed E-state index contributed by atoms with van der Waals surface area (Å²) in [5, 5.41) is 5.04. The molecule has 0 aromatic carbocycles. The lowest BCUT2D eigenvalue weighted by Crippen LogP contribution is -2.42. The molecule has 0 aliphatic heterocycles. The summed E-state index contributed by atoms with van der Waals surface area (Å²) >= 11 is 0. The summed E-state index contributed by atoms with van der Waals surface area (Å²) in [6, 6.07) is 0. The molecule has 2 amide bonds. The van der Waals surface area contributed by atoms with Crippen molar-refractivity contribution in [3.8, 4) is 0 Å². The van der Waals surface area contributed by atoms with E-state index < -0.39 is 11.8 Å². The highest BCUT2D eigenvalue weighted by atomic mass is 16.2. The van der Waals surface area contributed by atoms with E-state index in [9.17, 15) is 9.59 Å². The summed E-state index contributed by atoms with van der Waals surface area (Å²) in [7, 11) is 0. The number of rotatable bonds is 4. The number of nitrogens with one attached hydrogen (secondary N) is 2. The maximum atomic E-state index is 11.2. The molecule has 1 unspecified atom stereocenters. The second-order valence-electron chi connectivity index (χ2n) is 4.64. The Bertz CT molecular complexity index is 263. The van der Waals surface area contributed by atoms with Gasteiger partial charge >= 0.3 is 11.8 Å². The molecule has 5 heteroatoms. The molecule has 0 radical (unpaired) electrons. The summed E-state index contributed by atoms with van der Waals surface area (Å²) in [5.74, 6) is -0.659. The molecule has 1 aliphatic carbocycles. The van der Waals surface area contributed by atoms with Crippen LogP contribution in [0.2, 0.25) is 0 Å². The summed E-state index contributed by atoms with van der Waals surface area (Å²) < 4.78 is 0. The van der Waals surface area contributed by atoms with Gasteiger partial charge < -0.3 is 16.4 Å². The van der Waals surface area contributed by atoms with Crippen molar-refractivity contribution in [2.24, 2.45) is 17.1 Å². The molecule has 0 heterocycles. The Morgan fingerprint density at radius 2 is 1.87 bits per heavy atom. The number of amides is 2. The maximum Gasteiger partial charge on any atom is 0.309 e. The third-order valence-corrected chi connectivity index (χ3v) is 2.86. The van der Waals surface area contributed by atoms with E-state index in [1.807, 2.05) is 0 Å². The van der Waals surface area contributed by atoms with Gasteiger partial charge in [-0.3, -0.25) is 9.59 Å². The first-order chi connectivity index (χ1) is 6.97. The van der Waals surface area contributed by atoms with Gasteiger partial charge in [-0.05, 0) is 17.8 Å². The molecule has 0 aromatic heterocycles. The SMILES string of the molecule is CC1(C)CC1CNC(=O)C(=O)NCCN. The van der Waals surface area contributed by atoms with E-state index in [1.165, 1.54) is 0 Å². The minimum Gasteiger partial charge on any atom is -0.348 e. The van der Waals surface area contributed by atoms with Gasteiger partial charge in [0.1, 0.15) is 0 Å². The third-order valence-electron chi connectivity index (χ3n) is 2.86. The van der Waals surface area contributed by atoms with Gasteiger partial charge in [-0.15, -0.1) is 0 Å². The normalized spacial score (nSPS) is 21.9. The minimum atomic E-state index is -0.598. The molecule has 0 spiro atoms. The van der Waals surface area contributed by atoms with E-state index in [2.05, 4.69) is 24.5 Å². The fourth-order valence-corrected chi connectivity index (χ4v) is 1.49. The van der Waals surface area contributed by atoms with Crippen molar-refractivity contribution in [1.29, 1.82) is 0 Å². The van der Waals surface area contributed by atoms with Crippen LogP contribution >= 0.6 is 0 Å². The van der Waals surface area contributed by atoms with Crippen molar-refractivity contribution in [2.75, 3.05) is 19.6 Å². The van der Waals surface area contributed by atoms with Crippen molar-refractivity contribution in [3.63, 3.8) is 0 Å². The lowest BCUT2D eigenvalue weighted by atomic mass is 10.1. The van der Waals surface area contributed by atoms with Gasteiger partial charge in [0.25, 0.3) is 0 Å². The molecule has 4 N–H and O–H groups in total. The monoisotopic (exact) mass is 213 g/mol. The number of carbonyl (C=O) groups is 2. The average molecular weight is 213 g/mol. The second-order valence-corrected chi connectivity index (χ2v) is 4.64. The van der Waals surface area contributed by atoms with Crippen LogP contribution in [0.15, 0.2) is 0 Å². The number of carbonyl (C=O) groups excluding carboxylic acids is 2. The molecule has 0 saturated heterocycles. The minimum absolute atomic E-state index is 0.320. The van der Waals surface area contributed by atoms with Crippen LogP contribution in [0.25, 0.3) is 0 Å². The Morgan fingerprint density at radius 3 is 2.33 bits per heavy atom.